The topological polar surface area (TPSA) is 29.9 Å². The number of hydrogen-bond donors (Lipinski definition) is 1. The molecular formula is C15H21N3S. The third kappa shape index (κ3) is 2.84. The Hall–Kier alpha value is -1.29. The van der Waals surface area contributed by atoms with Crippen LogP contribution >= 0.6 is 11.3 Å². The summed E-state index contributed by atoms with van der Waals surface area (Å²) < 4.78 is 1.97. The van der Waals surface area contributed by atoms with E-state index in [2.05, 4.69) is 41.0 Å². The maximum Gasteiger partial charge on any atom is 0.0731 e. The zero-order chi connectivity index (χ0) is 13.1. The third-order valence-electron chi connectivity index (χ3n) is 4.00. The Bertz CT molecular complexity index is 497. The molecule has 3 nitrogen and oxygen atoms in total. The Morgan fingerprint density at radius 3 is 2.95 bits per heavy atom. The van der Waals surface area contributed by atoms with Crippen molar-refractivity contribution in [2.24, 2.45) is 5.92 Å². The summed E-state index contributed by atoms with van der Waals surface area (Å²) in [6.45, 7) is 3.04. The molecular weight excluding hydrogens is 254 g/mol. The highest BCUT2D eigenvalue weighted by Crippen LogP contribution is 2.39. The van der Waals surface area contributed by atoms with Gasteiger partial charge in [-0.2, -0.15) is 5.10 Å². The molecule has 0 aromatic carbocycles. The van der Waals surface area contributed by atoms with Crippen molar-refractivity contribution in [3.63, 3.8) is 0 Å². The van der Waals surface area contributed by atoms with E-state index < -0.39 is 0 Å². The summed E-state index contributed by atoms with van der Waals surface area (Å²) in [5.74, 6) is 0.767. The van der Waals surface area contributed by atoms with Crippen molar-refractivity contribution in [2.75, 3.05) is 5.32 Å². The van der Waals surface area contributed by atoms with Gasteiger partial charge in [-0.3, -0.25) is 4.68 Å². The van der Waals surface area contributed by atoms with Crippen LogP contribution in [-0.4, -0.2) is 9.78 Å². The number of anilines is 1. The van der Waals surface area contributed by atoms with Crippen molar-refractivity contribution in [3.05, 3.63) is 34.8 Å². The molecule has 2 aromatic heterocycles. The molecule has 2 heterocycles. The fraction of sp³-hybridized carbons (Fsp3) is 0.533. The maximum atomic E-state index is 4.35. The van der Waals surface area contributed by atoms with Gasteiger partial charge in [0.2, 0.25) is 0 Å². The van der Waals surface area contributed by atoms with Crippen molar-refractivity contribution >= 4 is 17.0 Å². The zero-order valence-corrected chi connectivity index (χ0v) is 12.2. The van der Waals surface area contributed by atoms with Crippen LogP contribution in [0.5, 0.6) is 0 Å². The predicted molar refractivity (Wildman–Crippen MR) is 80.5 cm³/mol. The van der Waals surface area contributed by atoms with Gasteiger partial charge < -0.3 is 5.32 Å². The Morgan fingerprint density at radius 1 is 1.47 bits per heavy atom. The van der Waals surface area contributed by atoms with Gasteiger partial charge in [0, 0.05) is 17.6 Å². The summed E-state index contributed by atoms with van der Waals surface area (Å²) >= 11 is 1.86. The lowest BCUT2D eigenvalue weighted by Crippen LogP contribution is -2.17. The summed E-state index contributed by atoms with van der Waals surface area (Å²) in [6.07, 6.45) is 9.49. The van der Waals surface area contributed by atoms with E-state index in [1.807, 2.05) is 22.2 Å². The van der Waals surface area contributed by atoms with Crippen LogP contribution in [0.3, 0.4) is 0 Å². The number of nitrogens with zero attached hydrogens (tertiary/aromatic N) is 2. The van der Waals surface area contributed by atoms with Gasteiger partial charge in [-0.15, -0.1) is 11.3 Å². The van der Waals surface area contributed by atoms with E-state index in [4.69, 9.17) is 0 Å². The summed E-state index contributed by atoms with van der Waals surface area (Å²) in [6, 6.07) is 4.86. The first-order valence-electron chi connectivity index (χ1n) is 7.19. The first-order chi connectivity index (χ1) is 9.36. The quantitative estimate of drug-likeness (QED) is 0.881. The molecule has 1 unspecified atom stereocenters. The summed E-state index contributed by atoms with van der Waals surface area (Å²) in [5.41, 5.74) is 1.15. The fourth-order valence-electron chi connectivity index (χ4n) is 2.97. The Morgan fingerprint density at radius 2 is 2.32 bits per heavy atom. The molecule has 1 aliphatic carbocycles. The number of hydrogen-bond acceptors (Lipinski definition) is 3. The van der Waals surface area contributed by atoms with Crippen molar-refractivity contribution in [3.8, 4) is 0 Å². The third-order valence-corrected chi connectivity index (χ3v) is 4.96. The lowest BCUT2D eigenvalue weighted by molar-refractivity contribution is 0.475. The van der Waals surface area contributed by atoms with Gasteiger partial charge in [0.1, 0.15) is 0 Å². The van der Waals surface area contributed by atoms with Gasteiger partial charge in [-0.1, -0.05) is 18.9 Å². The highest BCUT2D eigenvalue weighted by atomic mass is 32.1. The lowest BCUT2D eigenvalue weighted by Gasteiger charge is -2.24. The molecule has 0 amide bonds. The minimum Gasteiger partial charge on any atom is -0.375 e. The van der Waals surface area contributed by atoms with Gasteiger partial charge >= 0.3 is 0 Å². The number of aromatic nitrogens is 2. The second-order valence-corrected chi connectivity index (χ2v) is 6.25. The van der Waals surface area contributed by atoms with Crippen LogP contribution in [0, 0.1) is 5.92 Å². The summed E-state index contributed by atoms with van der Waals surface area (Å²) in [5, 5.41) is 10.2. The average Bonchev–Trinajstić information content (AvgIpc) is 3.17. The van der Waals surface area contributed by atoms with Crippen LogP contribution in [0.15, 0.2) is 29.9 Å². The van der Waals surface area contributed by atoms with Crippen molar-refractivity contribution in [2.45, 2.75) is 45.2 Å². The first kappa shape index (κ1) is 12.7. The van der Waals surface area contributed by atoms with Gasteiger partial charge in [0.05, 0.1) is 17.9 Å². The standard InChI is InChI=1S/C15H21N3S/c1-2-18-11-13(10-16-18)17-15(12-6-3-4-7-12)14-8-5-9-19-14/h5,8-12,15,17H,2-4,6-7H2,1H3. The van der Waals surface area contributed by atoms with Crippen molar-refractivity contribution in [1.29, 1.82) is 0 Å². The highest BCUT2D eigenvalue weighted by molar-refractivity contribution is 7.10. The Labute approximate surface area is 118 Å². The van der Waals surface area contributed by atoms with E-state index in [9.17, 15) is 0 Å². The molecule has 4 heteroatoms. The van der Waals surface area contributed by atoms with E-state index in [0.29, 0.717) is 6.04 Å². The van der Waals surface area contributed by atoms with Crippen LogP contribution in [0.4, 0.5) is 5.69 Å². The molecule has 1 atom stereocenters. The van der Waals surface area contributed by atoms with E-state index in [-0.39, 0.29) is 0 Å². The molecule has 0 saturated heterocycles. The molecule has 1 N–H and O–H groups in total. The molecule has 2 aromatic rings. The van der Waals surface area contributed by atoms with E-state index in [1.54, 1.807) is 0 Å². The second-order valence-electron chi connectivity index (χ2n) is 5.27. The van der Waals surface area contributed by atoms with Crippen LogP contribution in [0.1, 0.15) is 43.5 Å². The molecule has 0 spiro atoms. The zero-order valence-electron chi connectivity index (χ0n) is 11.4. The minimum atomic E-state index is 0.456. The largest absolute Gasteiger partial charge is 0.375 e. The van der Waals surface area contributed by atoms with Crippen LogP contribution in [-0.2, 0) is 6.54 Å². The van der Waals surface area contributed by atoms with Gasteiger partial charge in [0.25, 0.3) is 0 Å². The van der Waals surface area contributed by atoms with Crippen molar-refractivity contribution in [1.82, 2.24) is 9.78 Å². The number of nitrogens with one attached hydrogen (secondary N) is 1. The smallest absolute Gasteiger partial charge is 0.0731 e. The van der Waals surface area contributed by atoms with Crippen LogP contribution in [0.2, 0.25) is 0 Å². The Kier molecular flexibility index (Phi) is 3.87. The second kappa shape index (κ2) is 5.78. The van der Waals surface area contributed by atoms with Gasteiger partial charge in [0.15, 0.2) is 0 Å². The average molecular weight is 275 g/mol. The molecule has 1 aliphatic rings. The Balaban J connectivity index is 1.78. The van der Waals surface area contributed by atoms with E-state index >= 15 is 0 Å². The van der Waals surface area contributed by atoms with E-state index in [1.165, 1.54) is 30.6 Å². The molecule has 1 saturated carbocycles. The molecule has 0 aliphatic heterocycles. The first-order valence-corrected chi connectivity index (χ1v) is 8.07. The van der Waals surface area contributed by atoms with Crippen LogP contribution in [0.25, 0.3) is 0 Å². The summed E-state index contributed by atoms with van der Waals surface area (Å²) in [4.78, 5) is 1.45. The van der Waals surface area contributed by atoms with Crippen LogP contribution < -0.4 is 5.32 Å². The number of aryl methyl sites for hydroxylation is 1. The van der Waals surface area contributed by atoms with Gasteiger partial charge in [-0.05, 0) is 37.1 Å². The molecule has 102 valence electrons. The highest BCUT2D eigenvalue weighted by Gasteiger charge is 2.27. The number of rotatable bonds is 5. The minimum absolute atomic E-state index is 0.456. The fourth-order valence-corrected chi connectivity index (χ4v) is 3.84. The molecule has 19 heavy (non-hydrogen) atoms. The lowest BCUT2D eigenvalue weighted by atomic mass is 9.96. The monoisotopic (exact) mass is 275 g/mol. The molecule has 3 rings (SSSR count). The molecule has 0 bridgehead atoms. The number of thiophene rings is 1. The normalized spacial score (nSPS) is 17.7. The molecule has 0 radical (unpaired) electrons. The molecule has 1 fully saturated rings. The van der Waals surface area contributed by atoms with Crippen molar-refractivity contribution < 1.29 is 0 Å². The maximum absolute atomic E-state index is 4.35. The van der Waals surface area contributed by atoms with E-state index in [0.717, 1.165) is 18.2 Å². The van der Waals surface area contributed by atoms with Gasteiger partial charge in [-0.25, -0.2) is 0 Å². The summed E-state index contributed by atoms with van der Waals surface area (Å²) in [7, 11) is 0. The SMILES string of the molecule is CCn1cc(NC(c2cccs2)C2CCCC2)cn1. The predicted octanol–water partition coefficient (Wildman–Crippen LogP) is 4.31.